The minimum absolute atomic E-state index is 0.0104. The topological polar surface area (TPSA) is 46.3 Å². The van der Waals surface area contributed by atoms with E-state index in [0.29, 0.717) is 12.2 Å². The molecule has 0 aliphatic rings. The number of carbonyl (C=O) groups excluding carboxylic acids is 1. The van der Waals surface area contributed by atoms with Crippen LogP contribution in [0.15, 0.2) is 30.4 Å². The summed E-state index contributed by atoms with van der Waals surface area (Å²) in [6, 6.07) is 3.95. The fraction of sp³-hybridized carbons (Fsp3) is 0.250. The van der Waals surface area contributed by atoms with E-state index in [-0.39, 0.29) is 5.56 Å². The molecule has 0 spiro atoms. The molecule has 0 saturated heterocycles. The highest BCUT2D eigenvalue weighted by Gasteiger charge is 2.16. The van der Waals surface area contributed by atoms with Gasteiger partial charge in [-0.2, -0.15) is 0 Å². The van der Waals surface area contributed by atoms with Gasteiger partial charge in [-0.3, -0.25) is 4.79 Å². The summed E-state index contributed by atoms with van der Waals surface area (Å²) < 4.78 is 13.4. The molecule has 0 aliphatic heterocycles. The predicted octanol–water partition coefficient (Wildman–Crippen LogP) is 2.06. The number of nitrogens with two attached hydrogens (primary N) is 1. The molecule has 16 heavy (non-hydrogen) atoms. The second-order valence-electron chi connectivity index (χ2n) is 3.86. The first kappa shape index (κ1) is 12.2. The van der Waals surface area contributed by atoms with E-state index < -0.39 is 11.7 Å². The van der Waals surface area contributed by atoms with Gasteiger partial charge in [0.15, 0.2) is 0 Å². The van der Waals surface area contributed by atoms with Gasteiger partial charge in [0.2, 0.25) is 0 Å². The van der Waals surface area contributed by atoms with Crippen molar-refractivity contribution in [2.24, 2.45) is 0 Å². The molecular weight excluding hydrogens is 207 g/mol. The summed E-state index contributed by atoms with van der Waals surface area (Å²) in [6.45, 7) is 5.90. The van der Waals surface area contributed by atoms with Crippen LogP contribution in [0.1, 0.15) is 17.3 Å². The van der Waals surface area contributed by atoms with Gasteiger partial charge in [0.05, 0.1) is 5.56 Å². The maximum absolute atomic E-state index is 13.4. The molecule has 1 amide bonds. The number of nitrogens with zero attached hydrogens (tertiary/aromatic N) is 1. The average molecular weight is 222 g/mol. The quantitative estimate of drug-likeness (QED) is 0.628. The Hall–Kier alpha value is -1.84. The zero-order valence-electron chi connectivity index (χ0n) is 9.46. The molecule has 0 heterocycles. The normalized spacial score (nSPS) is 9.94. The highest BCUT2D eigenvalue weighted by atomic mass is 19.1. The summed E-state index contributed by atoms with van der Waals surface area (Å²) in [5.41, 5.74) is 6.70. The minimum Gasteiger partial charge on any atom is -0.399 e. The van der Waals surface area contributed by atoms with Gasteiger partial charge in [0.25, 0.3) is 5.91 Å². The van der Waals surface area contributed by atoms with Crippen LogP contribution >= 0.6 is 0 Å². The highest BCUT2D eigenvalue weighted by Crippen LogP contribution is 2.14. The summed E-state index contributed by atoms with van der Waals surface area (Å²) in [4.78, 5) is 13.2. The molecule has 1 aromatic carbocycles. The molecule has 86 valence electrons. The number of halogens is 1. The first-order valence-electron chi connectivity index (χ1n) is 4.86. The number of rotatable bonds is 3. The summed E-state index contributed by atoms with van der Waals surface area (Å²) in [6.07, 6.45) is 0. The van der Waals surface area contributed by atoms with Gasteiger partial charge in [0, 0.05) is 19.3 Å². The SMILES string of the molecule is C=C(C)CN(C)C(=O)c1cc(N)ccc1F. The second kappa shape index (κ2) is 4.79. The lowest BCUT2D eigenvalue weighted by Gasteiger charge is -2.17. The first-order chi connectivity index (χ1) is 7.41. The third kappa shape index (κ3) is 2.82. The summed E-state index contributed by atoms with van der Waals surface area (Å²) in [7, 11) is 1.60. The predicted molar refractivity (Wildman–Crippen MR) is 62.6 cm³/mol. The van der Waals surface area contributed by atoms with Crippen LogP contribution in [0, 0.1) is 5.82 Å². The molecule has 0 fully saturated rings. The number of amides is 1. The minimum atomic E-state index is -0.562. The molecule has 0 atom stereocenters. The fourth-order valence-corrected chi connectivity index (χ4v) is 1.39. The van der Waals surface area contributed by atoms with E-state index in [9.17, 15) is 9.18 Å². The average Bonchev–Trinajstić information content (AvgIpc) is 2.19. The van der Waals surface area contributed by atoms with Crippen LogP contribution in [-0.4, -0.2) is 24.4 Å². The van der Waals surface area contributed by atoms with Gasteiger partial charge in [-0.05, 0) is 25.1 Å². The van der Waals surface area contributed by atoms with Crippen molar-refractivity contribution in [3.8, 4) is 0 Å². The maximum Gasteiger partial charge on any atom is 0.256 e. The van der Waals surface area contributed by atoms with Crippen molar-refractivity contribution in [3.05, 3.63) is 41.7 Å². The largest absolute Gasteiger partial charge is 0.399 e. The Kier molecular flexibility index (Phi) is 3.66. The summed E-state index contributed by atoms with van der Waals surface area (Å²) >= 11 is 0. The molecule has 0 aromatic heterocycles. The van der Waals surface area contributed by atoms with Crippen LogP contribution in [0.3, 0.4) is 0 Å². The number of benzene rings is 1. The highest BCUT2D eigenvalue weighted by molar-refractivity contribution is 5.95. The van der Waals surface area contributed by atoms with E-state index in [1.165, 1.54) is 23.1 Å². The number of anilines is 1. The zero-order chi connectivity index (χ0) is 12.3. The molecule has 4 heteroatoms. The Morgan fingerprint density at radius 2 is 2.19 bits per heavy atom. The number of hydrogen-bond donors (Lipinski definition) is 1. The van der Waals surface area contributed by atoms with Crippen LogP contribution in [0.4, 0.5) is 10.1 Å². The van der Waals surface area contributed by atoms with Crippen LogP contribution in [0.25, 0.3) is 0 Å². The third-order valence-electron chi connectivity index (χ3n) is 2.07. The lowest BCUT2D eigenvalue weighted by atomic mass is 10.1. The molecule has 0 bridgehead atoms. The lowest BCUT2D eigenvalue weighted by Crippen LogP contribution is -2.28. The molecule has 0 aliphatic carbocycles. The maximum atomic E-state index is 13.4. The van der Waals surface area contributed by atoms with Crippen molar-refractivity contribution in [1.29, 1.82) is 0 Å². The molecule has 2 N–H and O–H groups in total. The lowest BCUT2D eigenvalue weighted by molar-refractivity contribution is 0.0802. The van der Waals surface area contributed by atoms with Gasteiger partial charge in [-0.25, -0.2) is 4.39 Å². The molecular formula is C12H15FN2O. The Labute approximate surface area is 94.4 Å². The van der Waals surface area contributed by atoms with E-state index in [2.05, 4.69) is 6.58 Å². The fourth-order valence-electron chi connectivity index (χ4n) is 1.39. The number of likely N-dealkylation sites (N-methyl/N-ethyl adjacent to an activating group) is 1. The van der Waals surface area contributed by atoms with Crippen molar-refractivity contribution in [2.45, 2.75) is 6.92 Å². The first-order valence-corrected chi connectivity index (χ1v) is 4.86. The summed E-state index contributed by atoms with van der Waals surface area (Å²) in [5, 5.41) is 0. The molecule has 1 aromatic rings. The Morgan fingerprint density at radius 3 is 2.75 bits per heavy atom. The van der Waals surface area contributed by atoms with Crippen molar-refractivity contribution in [1.82, 2.24) is 4.90 Å². The Balaban J connectivity index is 2.95. The number of nitrogen functional groups attached to an aromatic ring is 1. The monoisotopic (exact) mass is 222 g/mol. The van der Waals surface area contributed by atoms with Crippen molar-refractivity contribution >= 4 is 11.6 Å². The van der Waals surface area contributed by atoms with Crippen LogP contribution in [0.2, 0.25) is 0 Å². The molecule has 0 saturated carbocycles. The molecule has 0 unspecified atom stereocenters. The van der Waals surface area contributed by atoms with Crippen LogP contribution < -0.4 is 5.73 Å². The van der Waals surface area contributed by atoms with E-state index in [0.717, 1.165) is 5.57 Å². The van der Waals surface area contributed by atoms with Gasteiger partial charge >= 0.3 is 0 Å². The Bertz CT molecular complexity index is 429. The van der Waals surface area contributed by atoms with Crippen LogP contribution in [0.5, 0.6) is 0 Å². The van der Waals surface area contributed by atoms with Crippen molar-refractivity contribution < 1.29 is 9.18 Å². The Morgan fingerprint density at radius 1 is 1.56 bits per heavy atom. The summed E-state index contributed by atoms with van der Waals surface area (Å²) in [5.74, 6) is -0.958. The smallest absolute Gasteiger partial charge is 0.256 e. The zero-order valence-corrected chi connectivity index (χ0v) is 9.46. The number of hydrogen-bond acceptors (Lipinski definition) is 2. The van der Waals surface area contributed by atoms with Gasteiger partial charge in [0.1, 0.15) is 5.82 Å². The standard InChI is InChI=1S/C12H15FN2O/c1-8(2)7-15(3)12(16)10-6-9(14)4-5-11(10)13/h4-6H,1,7,14H2,2-3H3. The van der Waals surface area contributed by atoms with E-state index >= 15 is 0 Å². The van der Waals surface area contributed by atoms with E-state index in [4.69, 9.17) is 5.73 Å². The van der Waals surface area contributed by atoms with Crippen molar-refractivity contribution in [2.75, 3.05) is 19.3 Å². The second-order valence-corrected chi connectivity index (χ2v) is 3.86. The van der Waals surface area contributed by atoms with E-state index in [1.54, 1.807) is 14.0 Å². The third-order valence-corrected chi connectivity index (χ3v) is 2.07. The van der Waals surface area contributed by atoms with Gasteiger partial charge in [-0.15, -0.1) is 0 Å². The molecule has 0 radical (unpaired) electrons. The number of carbonyl (C=O) groups is 1. The van der Waals surface area contributed by atoms with Gasteiger partial charge in [-0.1, -0.05) is 12.2 Å². The van der Waals surface area contributed by atoms with Gasteiger partial charge < -0.3 is 10.6 Å². The molecule has 3 nitrogen and oxygen atoms in total. The van der Waals surface area contributed by atoms with Crippen LogP contribution in [-0.2, 0) is 0 Å². The van der Waals surface area contributed by atoms with Crippen molar-refractivity contribution in [3.63, 3.8) is 0 Å². The van der Waals surface area contributed by atoms with E-state index in [1.807, 2.05) is 0 Å². The molecule has 1 rings (SSSR count).